The van der Waals surface area contributed by atoms with Crippen molar-refractivity contribution in [3.8, 4) is 0 Å². The van der Waals surface area contributed by atoms with Gasteiger partial charge in [-0.3, -0.25) is 24.8 Å². The Kier molecular flexibility index (Phi) is 5.77. The van der Waals surface area contributed by atoms with Crippen molar-refractivity contribution < 1.29 is 27.6 Å². The number of carbonyl (C=O) groups excluding carboxylic acids is 3. The van der Waals surface area contributed by atoms with E-state index in [0.717, 1.165) is 36.0 Å². The number of alkyl halides is 2. The first-order chi connectivity index (χ1) is 17.1. The number of aromatic nitrogens is 2. The first kappa shape index (κ1) is 24.2. The van der Waals surface area contributed by atoms with Crippen LogP contribution in [0, 0.1) is 29.5 Å². The number of hydrogen-bond acceptors (Lipinski definition) is 7. The van der Waals surface area contributed by atoms with Crippen molar-refractivity contribution >= 4 is 45.6 Å². The van der Waals surface area contributed by atoms with Crippen LogP contribution in [0.25, 0.3) is 0 Å². The number of rotatable bonds is 8. The Hall–Kier alpha value is -3.48. The highest BCUT2D eigenvalue weighted by atomic mass is 32.2. The molecule has 188 valence electrons. The third kappa shape index (κ3) is 3.81. The fourth-order valence-corrected chi connectivity index (χ4v) is 5.52. The summed E-state index contributed by atoms with van der Waals surface area (Å²) < 4.78 is 42.2. The van der Waals surface area contributed by atoms with Crippen LogP contribution in [0.15, 0.2) is 12.3 Å². The third-order valence-corrected chi connectivity index (χ3v) is 7.70. The lowest BCUT2D eigenvalue weighted by atomic mass is 10.0. The molecule has 2 saturated carbocycles. The Balaban J connectivity index is 1.45. The van der Waals surface area contributed by atoms with Crippen molar-refractivity contribution in [3.63, 3.8) is 0 Å². The summed E-state index contributed by atoms with van der Waals surface area (Å²) in [4.78, 5) is 42.7. The number of nitrogens with one attached hydrogen (secondary N) is 4. The molecule has 2 unspecified atom stereocenters. The minimum atomic E-state index is -3.16. The number of ketones is 1. The number of carbonyl (C=O) groups is 3. The Labute approximate surface area is 207 Å². The van der Waals surface area contributed by atoms with Gasteiger partial charge < -0.3 is 20.6 Å². The van der Waals surface area contributed by atoms with Crippen molar-refractivity contribution in [2.75, 3.05) is 5.32 Å². The summed E-state index contributed by atoms with van der Waals surface area (Å²) in [6, 6.07) is 1.04. The molecule has 2 aliphatic carbocycles. The van der Waals surface area contributed by atoms with E-state index in [4.69, 9.17) is 10.8 Å². The van der Waals surface area contributed by atoms with Crippen LogP contribution < -0.4 is 10.6 Å². The zero-order valence-electron chi connectivity index (χ0n) is 19.0. The van der Waals surface area contributed by atoms with E-state index >= 15 is 0 Å². The molecule has 5 rings (SSSR count). The van der Waals surface area contributed by atoms with E-state index in [9.17, 15) is 27.6 Å². The predicted octanol–water partition coefficient (Wildman–Crippen LogP) is 3.79. The van der Waals surface area contributed by atoms with Gasteiger partial charge >= 0.3 is 0 Å². The summed E-state index contributed by atoms with van der Waals surface area (Å²) in [5.41, 5.74) is -0.579. The summed E-state index contributed by atoms with van der Waals surface area (Å²) in [5, 5.41) is 20.2. The third-order valence-electron chi connectivity index (χ3n) is 6.96. The first-order valence-electron chi connectivity index (χ1n) is 11.2. The lowest BCUT2D eigenvalue weighted by Crippen LogP contribution is -2.45. The molecule has 1 aliphatic heterocycles. The van der Waals surface area contributed by atoms with Crippen LogP contribution >= 0.6 is 11.8 Å². The van der Waals surface area contributed by atoms with Gasteiger partial charge in [0.25, 0.3) is 24.0 Å². The molecule has 2 atom stereocenters. The summed E-state index contributed by atoms with van der Waals surface area (Å²) in [5.74, 6) is -3.66. The largest absolute Gasteiger partial charge is 0.338 e. The number of amides is 2. The number of halogens is 3. The van der Waals surface area contributed by atoms with Gasteiger partial charge in [0, 0.05) is 17.9 Å². The van der Waals surface area contributed by atoms with E-state index < -0.39 is 46.8 Å². The monoisotopic (exact) mass is 518 g/mol. The van der Waals surface area contributed by atoms with Crippen molar-refractivity contribution in [3.05, 3.63) is 46.3 Å². The molecule has 0 bridgehead atoms. The lowest BCUT2D eigenvalue weighted by Gasteiger charge is -2.16. The molecule has 0 spiro atoms. The van der Waals surface area contributed by atoms with Crippen LogP contribution in [0.1, 0.15) is 69.5 Å². The molecule has 13 heteroatoms. The van der Waals surface area contributed by atoms with Gasteiger partial charge in [-0.15, -0.1) is 0 Å². The van der Waals surface area contributed by atoms with Gasteiger partial charge in [0.2, 0.25) is 0 Å². The van der Waals surface area contributed by atoms with E-state index in [0.29, 0.717) is 25.0 Å². The molecular weight excluding hydrogens is 497 g/mol. The van der Waals surface area contributed by atoms with Crippen LogP contribution in [-0.2, 0) is 11.2 Å². The zero-order chi connectivity index (χ0) is 25.9. The number of fused-ring (bicyclic) bond motifs is 3. The average Bonchev–Trinajstić information content (AvgIpc) is 3.72. The number of pyridine rings is 1. The summed E-state index contributed by atoms with van der Waals surface area (Å²) in [6.45, 7) is 1.52. The van der Waals surface area contributed by atoms with Crippen molar-refractivity contribution in [2.45, 2.75) is 50.6 Å². The van der Waals surface area contributed by atoms with Gasteiger partial charge in [0.1, 0.15) is 11.4 Å². The van der Waals surface area contributed by atoms with E-state index in [2.05, 4.69) is 15.6 Å². The SMILES string of the molecule is Cc1c(C(=O)C(=O)NC2(C(=N)SC=N)CC2)c2n(c1C(=O)Nc1ccnc(C(F)F)c1F)C1CC1C2. The molecule has 0 saturated heterocycles. The molecular formula is C23H21F3N6O3S. The lowest BCUT2D eigenvalue weighted by molar-refractivity contribution is -0.117. The Morgan fingerprint density at radius 3 is 2.69 bits per heavy atom. The predicted molar refractivity (Wildman–Crippen MR) is 126 cm³/mol. The number of nitrogens with zero attached hydrogens (tertiary/aromatic N) is 2. The highest BCUT2D eigenvalue weighted by Crippen LogP contribution is 2.54. The molecule has 2 amide bonds. The quantitative estimate of drug-likeness (QED) is 0.182. The highest BCUT2D eigenvalue weighted by molar-refractivity contribution is 8.25. The number of hydrogen-bond donors (Lipinski definition) is 4. The molecule has 2 aromatic heterocycles. The average molecular weight is 519 g/mol. The molecule has 0 aromatic carbocycles. The van der Waals surface area contributed by atoms with Gasteiger partial charge in [-0.1, -0.05) is 11.8 Å². The molecule has 2 fully saturated rings. The van der Waals surface area contributed by atoms with Crippen LogP contribution in [0.5, 0.6) is 0 Å². The number of anilines is 1. The second kappa shape index (κ2) is 8.57. The smallest absolute Gasteiger partial charge is 0.293 e. The molecule has 3 aliphatic rings. The van der Waals surface area contributed by atoms with Crippen molar-refractivity contribution in [1.29, 1.82) is 10.8 Å². The van der Waals surface area contributed by atoms with Gasteiger partial charge in [0.05, 0.1) is 27.4 Å². The number of thioether (sulfide) groups is 1. The molecule has 2 aromatic rings. The molecule has 4 N–H and O–H groups in total. The van der Waals surface area contributed by atoms with Crippen molar-refractivity contribution in [1.82, 2.24) is 14.9 Å². The maximum absolute atomic E-state index is 14.5. The maximum Gasteiger partial charge on any atom is 0.293 e. The van der Waals surface area contributed by atoms with Gasteiger partial charge in [-0.2, -0.15) is 0 Å². The Morgan fingerprint density at radius 2 is 2.06 bits per heavy atom. The van der Waals surface area contributed by atoms with E-state index in [-0.39, 0.29) is 33.8 Å². The van der Waals surface area contributed by atoms with Gasteiger partial charge in [-0.25, -0.2) is 13.2 Å². The fraction of sp³-hybridized carbons (Fsp3) is 0.391. The minimum absolute atomic E-state index is 0.0325. The van der Waals surface area contributed by atoms with Gasteiger partial charge in [0.15, 0.2) is 5.82 Å². The standard InChI is InChI=1S/C23H21F3N6O3S/c1-9-14(18(33)21(35)31-23(3-4-23)22(28)36-8-27)13-7-10-6-12(10)32(13)17(9)20(34)30-11-2-5-29-16(15(11)24)19(25)26/h2,5,8,10,12,19,27-28H,3-4,6-7H2,1H3,(H,31,35)(H,29,30,34). The molecule has 0 radical (unpaired) electrons. The normalized spacial score (nSPS) is 20.4. The zero-order valence-corrected chi connectivity index (χ0v) is 19.8. The number of Topliss-reactive ketones (excluding diaryl/α,β-unsaturated/α-hetero) is 1. The minimum Gasteiger partial charge on any atom is -0.338 e. The van der Waals surface area contributed by atoms with Crippen molar-refractivity contribution in [2.24, 2.45) is 5.92 Å². The Bertz CT molecular complexity index is 1350. The van der Waals surface area contributed by atoms with Crippen LogP contribution in [-0.4, -0.2) is 43.3 Å². The second-order valence-electron chi connectivity index (χ2n) is 9.18. The first-order valence-corrected chi connectivity index (χ1v) is 12.1. The summed E-state index contributed by atoms with van der Waals surface area (Å²) >= 11 is 0.852. The maximum atomic E-state index is 14.5. The molecule has 36 heavy (non-hydrogen) atoms. The highest BCUT2D eigenvalue weighted by Gasteiger charge is 2.52. The topological polar surface area (TPSA) is 141 Å². The van der Waals surface area contributed by atoms with E-state index in [1.165, 1.54) is 6.92 Å². The second-order valence-corrected chi connectivity index (χ2v) is 10.1. The van der Waals surface area contributed by atoms with Gasteiger partial charge in [-0.05, 0) is 50.2 Å². The summed E-state index contributed by atoms with van der Waals surface area (Å²) in [7, 11) is 0. The molecule has 9 nitrogen and oxygen atoms in total. The van der Waals surface area contributed by atoms with Crippen LogP contribution in [0.2, 0.25) is 0 Å². The van der Waals surface area contributed by atoms with E-state index in [1.807, 2.05) is 0 Å². The Morgan fingerprint density at radius 1 is 1.33 bits per heavy atom. The molecule has 3 heterocycles. The van der Waals surface area contributed by atoms with E-state index in [1.54, 1.807) is 4.57 Å². The fourth-order valence-electron chi connectivity index (χ4n) is 4.92. The van der Waals surface area contributed by atoms with Crippen LogP contribution in [0.3, 0.4) is 0 Å². The van der Waals surface area contributed by atoms with Crippen LogP contribution in [0.4, 0.5) is 18.9 Å². The summed E-state index contributed by atoms with van der Waals surface area (Å²) in [6.07, 6.45) is 0.0552.